The summed E-state index contributed by atoms with van der Waals surface area (Å²) in [5, 5.41) is 9.32. The fraction of sp³-hybridized carbons (Fsp3) is 0.226. The molecule has 0 fully saturated rings. The molecular formula is C31H33N3. The second-order valence-corrected chi connectivity index (χ2v) is 9.49. The van der Waals surface area contributed by atoms with Gasteiger partial charge in [-0.25, -0.2) is 0 Å². The van der Waals surface area contributed by atoms with Gasteiger partial charge in [0.25, 0.3) is 0 Å². The lowest BCUT2D eigenvalue weighted by Crippen LogP contribution is -2.10. The number of hydrogen-bond donors (Lipinski definition) is 0. The molecule has 3 heteroatoms. The van der Waals surface area contributed by atoms with Gasteiger partial charge < -0.3 is 0 Å². The number of rotatable bonds is 6. The molecule has 34 heavy (non-hydrogen) atoms. The van der Waals surface area contributed by atoms with Crippen molar-refractivity contribution in [2.45, 2.75) is 46.5 Å². The Hall–Kier alpha value is -3.72. The average molecular weight is 448 g/mol. The second kappa shape index (κ2) is 10.0. The first-order valence-corrected chi connectivity index (χ1v) is 12.0. The molecule has 0 unspecified atom stereocenters. The molecule has 1 aromatic heterocycles. The SMILES string of the molecule is C/C=C\C=C(/CC)n1c(-c2ccc(-c3ccccc3)cc2)nnc1-c1ccc(C(C)(C)C)cc1. The summed E-state index contributed by atoms with van der Waals surface area (Å²) in [7, 11) is 0. The molecule has 0 bridgehead atoms. The van der Waals surface area contributed by atoms with Crippen LogP contribution in [0.15, 0.2) is 97.1 Å². The van der Waals surface area contributed by atoms with Crippen molar-refractivity contribution in [2.75, 3.05) is 0 Å². The molecule has 0 radical (unpaired) electrons. The van der Waals surface area contributed by atoms with E-state index in [9.17, 15) is 0 Å². The maximum Gasteiger partial charge on any atom is 0.168 e. The molecule has 4 aromatic rings. The molecule has 4 rings (SSSR count). The van der Waals surface area contributed by atoms with Gasteiger partial charge in [0.15, 0.2) is 11.6 Å². The Morgan fingerprint density at radius 3 is 1.74 bits per heavy atom. The van der Waals surface area contributed by atoms with E-state index in [0.717, 1.165) is 34.9 Å². The fourth-order valence-corrected chi connectivity index (χ4v) is 4.05. The first-order valence-electron chi connectivity index (χ1n) is 12.0. The van der Waals surface area contributed by atoms with Crippen LogP contribution < -0.4 is 0 Å². The van der Waals surface area contributed by atoms with Crippen molar-refractivity contribution in [2.24, 2.45) is 0 Å². The molecular weight excluding hydrogens is 414 g/mol. The molecule has 3 nitrogen and oxygen atoms in total. The van der Waals surface area contributed by atoms with Gasteiger partial charge >= 0.3 is 0 Å². The summed E-state index contributed by atoms with van der Waals surface area (Å²) < 4.78 is 2.20. The zero-order valence-corrected chi connectivity index (χ0v) is 20.8. The quantitative estimate of drug-likeness (QED) is 0.278. The number of benzene rings is 3. The molecule has 0 aliphatic rings. The van der Waals surface area contributed by atoms with E-state index in [1.165, 1.54) is 16.7 Å². The van der Waals surface area contributed by atoms with Crippen molar-refractivity contribution in [3.63, 3.8) is 0 Å². The Labute approximate surface area is 203 Å². The van der Waals surface area contributed by atoms with Crippen LogP contribution in [0.5, 0.6) is 0 Å². The molecule has 0 saturated carbocycles. The van der Waals surface area contributed by atoms with Gasteiger partial charge in [0.1, 0.15) is 0 Å². The van der Waals surface area contributed by atoms with Crippen LogP contribution in [0.3, 0.4) is 0 Å². The van der Waals surface area contributed by atoms with E-state index in [2.05, 4.69) is 127 Å². The van der Waals surface area contributed by atoms with Gasteiger partial charge in [-0.2, -0.15) is 0 Å². The minimum atomic E-state index is 0.109. The van der Waals surface area contributed by atoms with Gasteiger partial charge in [0, 0.05) is 16.8 Å². The molecule has 0 aliphatic heterocycles. The van der Waals surface area contributed by atoms with Crippen LogP contribution in [0.25, 0.3) is 39.6 Å². The second-order valence-electron chi connectivity index (χ2n) is 9.49. The predicted octanol–water partition coefficient (Wildman–Crippen LogP) is 8.40. The third-order valence-corrected chi connectivity index (χ3v) is 6.05. The predicted molar refractivity (Wildman–Crippen MR) is 144 cm³/mol. The lowest BCUT2D eigenvalue weighted by atomic mass is 9.86. The Bertz CT molecular complexity index is 1280. The Balaban J connectivity index is 1.81. The van der Waals surface area contributed by atoms with E-state index in [1.54, 1.807) is 0 Å². The van der Waals surface area contributed by atoms with Gasteiger partial charge in [-0.15, -0.1) is 10.2 Å². The van der Waals surface area contributed by atoms with Crippen molar-refractivity contribution < 1.29 is 0 Å². The summed E-state index contributed by atoms with van der Waals surface area (Å²) >= 11 is 0. The summed E-state index contributed by atoms with van der Waals surface area (Å²) in [5.74, 6) is 1.72. The van der Waals surface area contributed by atoms with Crippen LogP contribution >= 0.6 is 0 Å². The molecule has 0 N–H and O–H groups in total. The van der Waals surface area contributed by atoms with Crippen LogP contribution in [-0.4, -0.2) is 14.8 Å². The van der Waals surface area contributed by atoms with Gasteiger partial charge in [-0.3, -0.25) is 4.57 Å². The van der Waals surface area contributed by atoms with E-state index in [1.807, 2.05) is 19.1 Å². The third kappa shape index (κ3) is 4.94. The Kier molecular flexibility index (Phi) is 6.93. The van der Waals surface area contributed by atoms with Gasteiger partial charge in [-0.05, 0) is 41.5 Å². The molecule has 0 spiro atoms. The molecule has 172 valence electrons. The van der Waals surface area contributed by atoms with Crippen molar-refractivity contribution >= 4 is 5.70 Å². The number of nitrogens with zero attached hydrogens (tertiary/aromatic N) is 3. The largest absolute Gasteiger partial charge is 0.279 e. The topological polar surface area (TPSA) is 30.7 Å². The zero-order valence-electron chi connectivity index (χ0n) is 20.8. The van der Waals surface area contributed by atoms with Crippen molar-refractivity contribution in [3.8, 4) is 33.9 Å². The van der Waals surface area contributed by atoms with E-state index < -0.39 is 0 Å². The third-order valence-electron chi connectivity index (χ3n) is 6.05. The highest BCUT2D eigenvalue weighted by atomic mass is 15.3. The highest BCUT2D eigenvalue weighted by Crippen LogP contribution is 2.32. The van der Waals surface area contributed by atoms with Crippen molar-refractivity contribution in [3.05, 3.63) is 103 Å². The standard InChI is InChI=1S/C31H33N3/c1-6-8-14-28(7-2)34-29(25-17-15-24(16-18-25)23-12-10-9-11-13-23)32-33-30(34)26-19-21-27(22-20-26)31(3,4)5/h6,8-22H,7H2,1-5H3/b8-6-,28-14+. The minimum Gasteiger partial charge on any atom is -0.279 e. The van der Waals surface area contributed by atoms with Crippen LogP contribution in [0, 0.1) is 0 Å². The highest BCUT2D eigenvalue weighted by molar-refractivity contribution is 5.73. The lowest BCUT2D eigenvalue weighted by molar-refractivity contribution is 0.590. The minimum absolute atomic E-state index is 0.109. The van der Waals surface area contributed by atoms with E-state index in [4.69, 9.17) is 0 Å². The molecule has 1 heterocycles. The van der Waals surface area contributed by atoms with Crippen molar-refractivity contribution in [1.82, 2.24) is 14.8 Å². The zero-order chi connectivity index (χ0) is 24.1. The Morgan fingerprint density at radius 1 is 0.735 bits per heavy atom. The summed E-state index contributed by atoms with van der Waals surface area (Å²) in [6, 6.07) is 27.7. The number of allylic oxidation sites excluding steroid dienone is 4. The van der Waals surface area contributed by atoms with Crippen molar-refractivity contribution in [1.29, 1.82) is 0 Å². The van der Waals surface area contributed by atoms with Crippen LogP contribution in [0.2, 0.25) is 0 Å². The molecule has 0 atom stereocenters. The molecule has 0 amide bonds. The first-order chi connectivity index (χ1) is 16.4. The summed E-state index contributed by atoms with van der Waals surface area (Å²) in [6.07, 6.45) is 7.14. The normalized spacial score (nSPS) is 12.4. The molecule has 0 saturated heterocycles. The van der Waals surface area contributed by atoms with E-state index in [-0.39, 0.29) is 5.41 Å². The maximum atomic E-state index is 4.66. The van der Waals surface area contributed by atoms with E-state index >= 15 is 0 Å². The smallest absolute Gasteiger partial charge is 0.168 e. The van der Waals surface area contributed by atoms with Crippen LogP contribution in [-0.2, 0) is 5.41 Å². The number of aromatic nitrogens is 3. The fourth-order valence-electron chi connectivity index (χ4n) is 4.05. The molecule has 0 aliphatic carbocycles. The first kappa shape index (κ1) is 23.4. The van der Waals surface area contributed by atoms with Gasteiger partial charge in [0.2, 0.25) is 0 Å². The molecule has 3 aromatic carbocycles. The summed E-state index contributed by atoms with van der Waals surface area (Å²) in [6.45, 7) is 10.9. The monoisotopic (exact) mass is 447 g/mol. The summed E-state index contributed by atoms with van der Waals surface area (Å²) in [4.78, 5) is 0. The van der Waals surface area contributed by atoms with Crippen LogP contribution in [0.1, 0.15) is 46.6 Å². The number of hydrogen-bond acceptors (Lipinski definition) is 2. The van der Waals surface area contributed by atoms with Gasteiger partial charge in [0.05, 0.1) is 0 Å². The maximum absolute atomic E-state index is 4.66. The highest BCUT2D eigenvalue weighted by Gasteiger charge is 2.19. The Morgan fingerprint density at radius 2 is 1.24 bits per heavy atom. The lowest BCUT2D eigenvalue weighted by Gasteiger charge is -2.19. The summed E-state index contributed by atoms with van der Waals surface area (Å²) in [5.41, 5.74) is 7.07. The van der Waals surface area contributed by atoms with E-state index in [0.29, 0.717) is 0 Å². The van der Waals surface area contributed by atoms with Gasteiger partial charge in [-0.1, -0.05) is 119 Å². The average Bonchev–Trinajstić information content (AvgIpc) is 3.30. The van der Waals surface area contributed by atoms with Crippen LogP contribution in [0.4, 0.5) is 0 Å².